The molecule has 2 aliphatic rings. The average Bonchev–Trinajstić information content (AvgIpc) is 3.84. The van der Waals surface area contributed by atoms with Crippen molar-refractivity contribution in [2.75, 3.05) is 16.5 Å². The van der Waals surface area contributed by atoms with E-state index in [4.69, 9.17) is 9.84 Å². The van der Waals surface area contributed by atoms with Gasteiger partial charge < -0.3 is 14.5 Å². The highest BCUT2D eigenvalue weighted by atomic mass is 16.5. The zero-order valence-electron chi connectivity index (χ0n) is 36.1. The number of pyridine rings is 1. The van der Waals surface area contributed by atoms with E-state index in [0.717, 1.165) is 28.1 Å². The molecule has 0 unspecified atom stereocenters. The van der Waals surface area contributed by atoms with Crippen molar-refractivity contribution in [2.45, 2.75) is 90.9 Å². The van der Waals surface area contributed by atoms with E-state index in [2.05, 4.69) is 217 Å². The summed E-state index contributed by atoms with van der Waals surface area (Å²) in [5.41, 5.74) is 14.5. The van der Waals surface area contributed by atoms with Crippen LogP contribution in [0.3, 0.4) is 0 Å². The highest BCUT2D eigenvalue weighted by molar-refractivity contribution is 6.17. The highest BCUT2D eigenvalue weighted by Gasteiger charge is 2.46. The van der Waals surface area contributed by atoms with Gasteiger partial charge in [0.2, 0.25) is 0 Å². The van der Waals surface area contributed by atoms with Gasteiger partial charge in [-0.1, -0.05) is 124 Å². The Labute approximate surface area is 348 Å². The van der Waals surface area contributed by atoms with Gasteiger partial charge in [0.05, 0.1) is 28.6 Å². The lowest BCUT2D eigenvalue weighted by Crippen LogP contribution is -2.42. The number of ether oxygens (including phenoxy) is 1. The fourth-order valence-corrected chi connectivity index (χ4v) is 9.42. The van der Waals surface area contributed by atoms with E-state index >= 15 is 0 Å². The van der Waals surface area contributed by atoms with Gasteiger partial charge in [-0.3, -0.25) is 0 Å². The van der Waals surface area contributed by atoms with E-state index in [1.165, 1.54) is 66.7 Å². The molecule has 296 valence electrons. The van der Waals surface area contributed by atoms with E-state index in [1.54, 1.807) is 0 Å². The van der Waals surface area contributed by atoms with Crippen LogP contribution >= 0.6 is 0 Å². The van der Waals surface area contributed by atoms with Gasteiger partial charge in [0.15, 0.2) is 0 Å². The van der Waals surface area contributed by atoms with E-state index in [9.17, 15) is 0 Å². The number of aromatic nitrogens is 2. The first-order chi connectivity index (χ1) is 28.0. The monoisotopic (exact) mass is 774 g/mol. The number of rotatable bonds is 5. The second kappa shape index (κ2) is 12.7. The minimum absolute atomic E-state index is 0.0268. The predicted octanol–water partition coefficient (Wildman–Crippen LogP) is 14.5. The van der Waals surface area contributed by atoms with Crippen LogP contribution in [0, 0.1) is 0 Å². The fraction of sp³-hybridized carbons (Fsp3) is 0.278. The third-order valence-corrected chi connectivity index (χ3v) is 13.7. The summed E-state index contributed by atoms with van der Waals surface area (Å²) in [6.07, 6.45) is 2.10. The molecule has 1 aliphatic heterocycles. The van der Waals surface area contributed by atoms with Gasteiger partial charge in [0.25, 0.3) is 0 Å². The summed E-state index contributed by atoms with van der Waals surface area (Å²) < 4.78 is 8.94. The lowest BCUT2D eigenvalue weighted by Gasteiger charge is -2.45. The van der Waals surface area contributed by atoms with Crippen LogP contribution in [0.5, 0.6) is 11.5 Å². The number of para-hydroxylation sites is 2. The van der Waals surface area contributed by atoms with Crippen molar-refractivity contribution in [1.82, 2.24) is 9.61 Å². The molecule has 8 aromatic rings. The normalized spacial score (nSPS) is 15.8. The molecule has 3 heterocycles. The summed E-state index contributed by atoms with van der Waals surface area (Å²) in [5, 5.41) is 8.82. The van der Waals surface area contributed by atoms with Gasteiger partial charge in [-0.25, -0.2) is 4.52 Å². The van der Waals surface area contributed by atoms with Gasteiger partial charge >= 0.3 is 0 Å². The molecule has 0 atom stereocenters. The Hall–Kier alpha value is -6.07. The largest absolute Gasteiger partial charge is 0.457 e. The van der Waals surface area contributed by atoms with Crippen LogP contribution in [0.2, 0.25) is 0 Å². The van der Waals surface area contributed by atoms with Crippen LogP contribution in [0.4, 0.5) is 22.7 Å². The fourth-order valence-electron chi connectivity index (χ4n) is 9.42. The standard InChI is InChI=1S/C54H54N4O/c1-51(2,3)36-27-37(52(4,5)6)29-39(28-36)57-33-56(46-21-14-15-22-47(46)57)38-19-16-20-40(30-38)59-41-23-24-42-43-25-35(34-17-12-11-13-18-34)26-44-49(43)50-45(54(9,10)53(44,7)8)32-55-58(50)48(42)31-41/h11-32H,33H2,1-10H3. The molecule has 0 fully saturated rings. The summed E-state index contributed by atoms with van der Waals surface area (Å²) in [4.78, 5) is 4.85. The summed E-state index contributed by atoms with van der Waals surface area (Å²) in [6.45, 7) is 24.0. The van der Waals surface area contributed by atoms with E-state index < -0.39 is 0 Å². The maximum atomic E-state index is 6.78. The van der Waals surface area contributed by atoms with Crippen molar-refractivity contribution >= 4 is 49.9 Å². The van der Waals surface area contributed by atoms with Gasteiger partial charge in [-0.2, -0.15) is 5.10 Å². The number of hydrogen-bond acceptors (Lipinski definition) is 4. The lowest BCUT2D eigenvalue weighted by atomic mass is 9.57. The molecular weight excluding hydrogens is 721 g/mol. The Kier molecular flexibility index (Phi) is 8.02. The zero-order valence-corrected chi connectivity index (χ0v) is 36.1. The smallest absolute Gasteiger partial charge is 0.129 e. The average molecular weight is 775 g/mol. The Morgan fingerprint density at radius 3 is 1.85 bits per heavy atom. The van der Waals surface area contributed by atoms with Crippen molar-refractivity contribution in [3.8, 4) is 22.6 Å². The molecule has 5 heteroatoms. The minimum atomic E-state index is -0.139. The molecule has 0 spiro atoms. The van der Waals surface area contributed by atoms with Gasteiger partial charge in [-0.05, 0) is 110 Å². The Morgan fingerprint density at radius 2 is 1.17 bits per heavy atom. The number of hydrogen-bond donors (Lipinski definition) is 0. The molecule has 2 aromatic heterocycles. The van der Waals surface area contributed by atoms with Crippen molar-refractivity contribution in [2.24, 2.45) is 0 Å². The van der Waals surface area contributed by atoms with Crippen molar-refractivity contribution < 1.29 is 4.74 Å². The van der Waals surface area contributed by atoms with Crippen LogP contribution in [0.25, 0.3) is 38.3 Å². The summed E-state index contributed by atoms with van der Waals surface area (Å²) >= 11 is 0. The lowest BCUT2D eigenvalue weighted by molar-refractivity contribution is 0.304. The molecule has 0 N–H and O–H groups in total. The molecule has 0 saturated carbocycles. The van der Waals surface area contributed by atoms with Crippen LogP contribution in [0.1, 0.15) is 91.5 Å². The number of fused-ring (bicyclic) bond motifs is 4. The zero-order chi connectivity index (χ0) is 41.2. The second-order valence-electron chi connectivity index (χ2n) is 19.9. The van der Waals surface area contributed by atoms with Crippen molar-refractivity contribution in [3.05, 3.63) is 156 Å². The molecule has 5 nitrogen and oxygen atoms in total. The summed E-state index contributed by atoms with van der Waals surface area (Å²) in [7, 11) is 0. The number of nitrogens with zero attached hydrogens (tertiary/aromatic N) is 4. The maximum absolute atomic E-state index is 6.78. The Morgan fingerprint density at radius 1 is 0.542 bits per heavy atom. The molecule has 6 aromatic carbocycles. The summed E-state index contributed by atoms with van der Waals surface area (Å²) in [5.74, 6) is 1.57. The van der Waals surface area contributed by atoms with E-state index in [0.29, 0.717) is 6.67 Å². The topological polar surface area (TPSA) is 33.0 Å². The molecule has 59 heavy (non-hydrogen) atoms. The first-order valence-corrected chi connectivity index (χ1v) is 21.1. The second-order valence-corrected chi connectivity index (χ2v) is 19.9. The van der Waals surface area contributed by atoms with Crippen molar-refractivity contribution in [3.63, 3.8) is 0 Å². The third kappa shape index (κ3) is 5.76. The van der Waals surface area contributed by atoms with Crippen LogP contribution in [-0.2, 0) is 21.7 Å². The minimum Gasteiger partial charge on any atom is -0.457 e. The molecule has 0 radical (unpaired) electrons. The van der Waals surface area contributed by atoms with E-state index in [-0.39, 0.29) is 21.7 Å². The molecule has 1 aliphatic carbocycles. The first-order valence-electron chi connectivity index (χ1n) is 21.1. The molecule has 10 rings (SSSR count). The summed E-state index contributed by atoms with van der Waals surface area (Å²) in [6, 6.07) is 46.5. The van der Waals surface area contributed by atoms with Crippen molar-refractivity contribution in [1.29, 1.82) is 0 Å². The van der Waals surface area contributed by atoms with Crippen LogP contribution in [-0.4, -0.2) is 16.3 Å². The quantitative estimate of drug-likeness (QED) is 0.163. The SMILES string of the molecule is CC(C)(C)c1cc(N2CN(c3cccc(Oc4ccc5c6cc(-c7ccccc7)cc7c6c6c(cnn6c5c4)C(C)(C)C7(C)C)c3)c3ccccc32)cc(C(C)(C)C)c1. The van der Waals surface area contributed by atoms with Gasteiger partial charge in [0, 0.05) is 45.3 Å². The molecule has 0 bridgehead atoms. The Balaban J connectivity index is 1.05. The first kappa shape index (κ1) is 37.2. The van der Waals surface area contributed by atoms with E-state index in [1.807, 2.05) is 0 Å². The molecule has 0 amide bonds. The number of anilines is 4. The van der Waals surface area contributed by atoms with Crippen LogP contribution in [0.15, 0.2) is 134 Å². The van der Waals surface area contributed by atoms with Gasteiger partial charge in [-0.15, -0.1) is 0 Å². The highest BCUT2D eigenvalue weighted by Crippen LogP contribution is 2.55. The molecular formula is C54H54N4O. The molecule has 0 saturated heterocycles. The van der Waals surface area contributed by atoms with Gasteiger partial charge in [0.1, 0.15) is 18.2 Å². The third-order valence-electron chi connectivity index (χ3n) is 13.7. The predicted molar refractivity (Wildman–Crippen MR) is 248 cm³/mol. The number of benzene rings is 6. The Bertz CT molecular complexity index is 2940. The maximum Gasteiger partial charge on any atom is 0.129 e. The van der Waals surface area contributed by atoms with Crippen LogP contribution < -0.4 is 14.5 Å².